The van der Waals surface area contributed by atoms with E-state index in [0.29, 0.717) is 6.42 Å². The maximum absolute atomic E-state index is 10.5. The Bertz CT molecular complexity index is 297. The van der Waals surface area contributed by atoms with Crippen molar-refractivity contribution in [1.29, 1.82) is 0 Å². The Morgan fingerprint density at radius 3 is 1.86 bits per heavy atom. The van der Waals surface area contributed by atoms with E-state index in [-0.39, 0.29) is 39.6 Å². The predicted molar refractivity (Wildman–Crippen MR) is 78.0 cm³/mol. The van der Waals surface area contributed by atoms with E-state index >= 15 is 0 Å². The van der Waals surface area contributed by atoms with Crippen molar-refractivity contribution in [2.45, 2.75) is 58.0 Å². The molecule has 122 valence electrons. The molecule has 6 nitrogen and oxygen atoms in total. The molecule has 0 unspecified atom stereocenters. The molecule has 1 aliphatic carbocycles. The average molecular weight is 320 g/mol. The van der Waals surface area contributed by atoms with Crippen molar-refractivity contribution in [3.63, 3.8) is 0 Å². The summed E-state index contributed by atoms with van der Waals surface area (Å²) >= 11 is 0. The fourth-order valence-electron chi connectivity index (χ4n) is 1.98. The third-order valence-electron chi connectivity index (χ3n) is 3.37. The number of esters is 2. The first-order valence-electron chi connectivity index (χ1n) is 7.15. The average Bonchev–Trinajstić information content (AvgIpc) is 2.50. The number of hydrogen-bond acceptors (Lipinski definition) is 6. The topological polar surface area (TPSA) is 78.9 Å². The molecule has 0 bridgehead atoms. The first-order chi connectivity index (χ1) is 10.0. The van der Waals surface area contributed by atoms with Gasteiger partial charge in [-0.15, -0.1) is 0 Å². The molecule has 1 aliphatic rings. The zero-order valence-electron chi connectivity index (χ0n) is 13.0. The van der Waals surface area contributed by atoms with Gasteiger partial charge in [0.15, 0.2) is 0 Å². The molecule has 1 rings (SSSR count). The minimum Gasteiger partial charge on any atom is -0.469 e. The van der Waals surface area contributed by atoms with E-state index in [4.69, 9.17) is 4.52 Å². The molecular weight excluding hydrogens is 295 g/mol. The Kier molecular flexibility index (Phi) is 12.1. The Balaban J connectivity index is 0.000000382. The van der Waals surface area contributed by atoms with Crippen LogP contribution in [0.1, 0.15) is 51.9 Å². The molecule has 0 saturated heterocycles. The summed E-state index contributed by atoms with van der Waals surface area (Å²) in [4.78, 5) is 21.0. The van der Waals surface area contributed by atoms with Crippen molar-refractivity contribution in [2.24, 2.45) is 5.92 Å². The molecule has 0 N–H and O–H groups in total. The van der Waals surface area contributed by atoms with Crippen LogP contribution in [0.2, 0.25) is 0 Å². The van der Waals surface area contributed by atoms with Gasteiger partial charge in [-0.2, -0.15) is 0 Å². The first-order valence-corrected chi connectivity index (χ1v) is 7.88. The van der Waals surface area contributed by atoms with Crippen LogP contribution in [0, 0.1) is 5.92 Å². The second-order valence-corrected chi connectivity index (χ2v) is 5.43. The van der Waals surface area contributed by atoms with Gasteiger partial charge in [0, 0.05) is 12.8 Å². The van der Waals surface area contributed by atoms with Gasteiger partial charge < -0.3 is 9.47 Å². The van der Waals surface area contributed by atoms with Crippen LogP contribution >= 0.6 is 8.69 Å². The van der Waals surface area contributed by atoms with E-state index in [0.717, 1.165) is 18.8 Å². The summed E-state index contributed by atoms with van der Waals surface area (Å²) in [5, 5.41) is 0. The number of carbonyl (C=O) groups excluding carboxylic acids is 2. The molecule has 1 fully saturated rings. The largest absolute Gasteiger partial charge is 0.469 e. The molecule has 0 heterocycles. The zero-order chi connectivity index (χ0) is 16.1. The normalized spacial score (nSPS) is 21.1. The monoisotopic (exact) mass is 320 g/mol. The second-order valence-electron chi connectivity index (χ2n) is 5.07. The van der Waals surface area contributed by atoms with E-state index < -0.39 is 0 Å². The van der Waals surface area contributed by atoms with Gasteiger partial charge in [-0.25, -0.2) is 4.57 Å². The molecule has 0 spiro atoms. The minimum absolute atomic E-state index is 0.155. The predicted octanol–water partition coefficient (Wildman–Crippen LogP) is 3.29. The molecule has 0 aromatic heterocycles. The van der Waals surface area contributed by atoms with Gasteiger partial charge in [0.2, 0.25) is 0 Å². The smallest absolute Gasteiger partial charge is 0.327 e. The standard InChI is InChI=1S/C7H12O4.C7H13O2P/c1-10-6(8)4-3-5-7(9)11-2;1-6-2-4-7(5-3-6)9-10-8/h3-5H2,1-2H3;6-7H,2-5H2,1H3. The zero-order valence-corrected chi connectivity index (χ0v) is 13.9. The number of ether oxygens (including phenoxy) is 2. The van der Waals surface area contributed by atoms with Crippen molar-refractivity contribution in [3.05, 3.63) is 0 Å². The quantitative estimate of drug-likeness (QED) is 0.552. The Morgan fingerprint density at radius 1 is 1.00 bits per heavy atom. The summed E-state index contributed by atoms with van der Waals surface area (Å²) in [7, 11) is 2.48. The molecule has 1 saturated carbocycles. The summed E-state index contributed by atoms with van der Waals surface area (Å²) in [6.45, 7) is 2.26. The van der Waals surface area contributed by atoms with Crippen LogP contribution in [-0.2, 0) is 28.2 Å². The maximum atomic E-state index is 10.5. The van der Waals surface area contributed by atoms with E-state index in [2.05, 4.69) is 16.4 Å². The van der Waals surface area contributed by atoms with Gasteiger partial charge in [-0.1, -0.05) is 6.92 Å². The molecule has 7 heteroatoms. The van der Waals surface area contributed by atoms with Crippen molar-refractivity contribution in [2.75, 3.05) is 14.2 Å². The molecule has 0 amide bonds. The molecule has 0 aliphatic heterocycles. The van der Waals surface area contributed by atoms with Crippen LogP contribution in [-0.4, -0.2) is 32.3 Å². The van der Waals surface area contributed by atoms with Crippen molar-refractivity contribution in [3.8, 4) is 0 Å². The van der Waals surface area contributed by atoms with E-state index in [1.165, 1.54) is 27.1 Å². The maximum Gasteiger partial charge on any atom is 0.327 e. The summed E-state index contributed by atoms with van der Waals surface area (Å²) in [5.41, 5.74) is 0. The summed E-state index contributed by atoms with van der Waals surface area (Å²) < 4.78 is 23.7. The van der Waals surface area contributed by atoms with Crippen LogP contribution in [0.25, 0.3) is 0 Å². The van der Waals surface area contributed by atoms with Gasteiger partial charge in [0.05, 0.1) is 20.3 Å². The molecule has 21 heavy (non-hydrogen) atoms. The van der Waals surface area contributed by atoms with Gasteiger partial charge in [0.1, 0.15) is 0 Å². The number of rotatable bonds is 6. The van der Waals surface area contributed by atoms with Crippen molar-refractivity contribution in [1.82, 2.24) is 0 Å². The minimum atomic E-state index is -0.297. The lowest BCUT2D eigenvalue weighted by molar-refractivity contribution is -0.142. The number of methoxy groups -OCH3 is 2. The van der Waals surface area contributed by atoms with Crippen LogP contribution in [0.4, 0.5) is 0 Å². The van der Waals surface area contributed by atoms with Crippen molar-refractivity contribution < 1.29 is 28.2 Å². The van der Waals surface area contributed by atoms with Crippen LogP contribution < -0.4 is 0 Å². The molecular formula is C14H25O6P. The van der Waals surface area contributed by atoms with Gasteiger partial charge in [-0.05, 0) is 38.0 Å². The van der Waals surface area contributed by atoms with Crippen LogP contribution in [0.5, 0.6) is 0 Å². The summed E-state index contributed by atoms with van der Waals surface area (Å²) in [5.74, 6) is 0.242. The second kappa shape index (κ2) is 12.7. The summed E-state index contributed by atoms with van der Waals surface area (Å²) in [6.07, 6.45) is 5.89. The van der Waals surface area contributed by atoms with E-state index in [1.807, 2.05) is 0 Å². The highest BCUT2D eigenvalue weighted by Gasteiger charge is 2.18. The van der Waals surface area contributed by atoms with Gasteiger partial charge in [-0.3, -0.25) is 14.1 Å². The molecule has 0 aromatic carbocycles. The van der Waals surface area contributed by atoms with Gasteiger partial charge in [0.25, 0.3) is 0 Å². The highest BCUT2D eigenvalue weighted by molar-refractivity contribution is 7.17. The van der Waals surface area contributed by atoms with E-state index in [9.17, 15) is 14.2 Å². The lowest BCUT2D eigenvalue weighted by Crippen LogP contribution is -2.16. The lowest BCUT2D eigenvalue weighted by Gasteiger charge is -2.23. The number of hydrogen-bond donors (Lipinski definition) is 0. The third-order valence-corrected chi connectivity index (χ3v) is 3.76. The van der Waals surface area contributed by atoms with Crippen LogP contribution in [0.15, 0.2) is 0 Å². The molecule has 0 aromatic rings. The SMILES string of the molecule is CC1CCC(OP=O)CC1.COC(=O)CCCC(=O)OC. The Hall–Kier alpha value is -1.00. The first kappa shape index (κ1) is 20.0. The van der Waals surface area contributed by atoms with Crippen molar-refractivity contribution >= 4 is 20.6 Å². The van der Waals surface area contributed by atoms with Crippen LogP contribution in [0.3, 0.4) is 0 Å². The molecule has 0 atom stereocenters. The third kappa shape index (κ3) is 11.3. The Labute approximate surface area is 127 Å². The fraction of sp³-hybridized carbons (Fsp3) is 0.857. The highest BCUT2D eigenvalue weighted by atomic mass is 31.1. The Morgan fingerprint density at radius 2 is 1.48 bits per heavy atom. The lowest BCUT2D eigenvalue weighted by atomic mass is 9.89. The fourth-order valence-corrected chi connectivity index (χ4v) is 2.31. The summed E-state index contributed by atoms with van der Waals surface area (Å²) in [6, 6.07) is 0. The number of carbonyl (C=O) groups is 2. The molecule has 0 radical (unpaired) electrons. The van der Waals surface area contributed by atoms with Gasteiger partial charge >= 0.3 is 20.6 Å². The highest BCUT2D eigenvalue weighted by Crippen LogP contribution is 2.27. The van der Waals surface area contributed by atoms with E-state index in [1.54, 1.807) is 0 Å².